The molecule has 2 N–H and O–H groups in total. The number of rotatable bonds is 6. The van der Waals surface area contributed by atoms with Gasteiger partial charge < -0.3 is 15.0 Å². The molecule has 1 atom stereocenters. The third kappa shape index (κ3) is 5.72. The van der Waals surface area contributed by atoms with E-state index in [0.717, 1.165) is 44.9 Å². The lowest BCUT2D eigenvalue weighted by atomic mass is 10.1. The summed E-state index contributed by atoms with van der Waals surface area (Å²) in [7, 11) is 3.17. The van der Waals surface area contributed by atoms with Crippen LogP contribution in [-0.2, 0) is 11.2 Å². The number of urea groups is 1. The second-order valence-electron chi connectivity index (χ2n) is 6.22. The van der Waals surface area contributed by atoms with Crippen molar-refractivity contribution in [1.82, 2.24) is 20.4 Å². The summed E-state index contributed by atoms with van der Waals surface area (Å²) in [5.74, 6) is 0.618. The number of nitrogens with one attached hydrogen (secondary N) is 2. The second kappa shape index (κ2) is 9.39. The predicted molar refractivity (Wildman–Crippen MR) is 96.8 cm³/mol. The van der Waals surface area contributed by atoms with Gasteiger partial charge in [0, 0.05) is 39.8 Å². The Morgan fingerprint density at radius 3 is 2.36 bits per heavy atom. The Balaban J connectivity index is 1.73. The lowest BCUT2D eigenvalue weighted by Gasteiger charge is -2.37. The van der Waals surface area contributed by atoms with Gasteiger partial charge in [0.2, 0.25) is 5.91 Å². The van der Waals surface area contributed by atoms with Crippen molar-refractivity contribution >= 4 is 11.9 Å². The first-order valence-electron chi connectivity index (χ1n) is 8.65. The number of methoxy groups -OCH3 is 1. The van der Waals surface area contributed by atoms with Crippen LogP contribution in [0, 0.1) is 0 Å². The van der Waals surface area contributed by atoms with Crippen LogP contribution in [0.25, 0.3) is 0 Å². The summed E-state index contributed by atoms with van der Waals surface area (Å²) in [6.07, 6.45) is 0.997. The predicted octanol–water partition coefficient (Wildman–Crippen LogP) is 0.699. The average Bonchev–Trinajstić information content (AvgIpc) is 2.66. The van der Waals surface area contributed by atoms with Gasteiger partial charge in [-0.25, -0.2) is 4.79 Å². The van der Waals surface area contributed by atoms with Gasteiger partial charge in [-0.15, -0.1) is 0 Å². The van der Waals surface area contributed by atoms with Crippen LogP contribution in [0.5, 0.6) is 5.75 Å². The molecule has 0 unspecified atom stereocenters. The van der Waals surface area contributed by atoms with E-state index >= 15 is 0 Å². The van der Waals surface area contributed by atoms with Crippen molar-refractivity contribution in [2.75, 3.05) is 46.9 Å². The molecule has 1 aliphatic heterocycles. The zero-order valence-corrected chi connectivity index (χ0v) is 15.2. The summed E-state index contributed by atoms with van der Waals surface area (Å²) in [5, 5.41) is 4.73. The molecule has 0 saturated carbocycles. The average molecular weight is 348 g/mol. The molecule has 0 bridgehead atoms. The molecule has 0 radical (unpaired) electrons. The highest BCUT2D eigenvalue weighted by molar-refractivity contribution is 5.96. The highest BCUT2D eigenvalue weighted by Crippen LogP contribution is 2.13. The first-order chi connectivity index (χ1) is 12.0. The molecular formula is C18H28N4O3. The topological polar surface area (TPSA) is 73.9 Å². The Labute approximate surface area is 149 Å². The molecule has 2 rings (SSSR count). The van der Waals surface area contributed by atoms with Crippen molar-refractivity contribution in [2.24, 2.45) is 0 Å². The fourth-order valence-corrected chi connectivity index (χ4v) is 2.90. The third-order valence-electron chi connectivity index (χ3n) is 4.67. The van der Waals surface area contributed by atoms with Crippen LogP contribution < -0.4 is 15.4 Å². The highest BCUT2D eigenvalue weighted by Gasteiger charge is 2.26. The van der Waals surface area contributed by atoms with Crippen LogP contribution in [0.3, 0.4) is 0 Å². The molecule has 1 aromatic rings. The molecule has 25 heavy (non-hydrogen) atoms. The van der Waals surface area contributed by atoms with E-state index in [4.69, 9.17) is 4.74 Å². The summed E-state index contributed by atoms with van der Waals surface area (Å²) in [4.78, 5) is 27.8. The van der Waals surface area contributed by atoms with Gasteiger partial charge in [-0.1, -0.05) is 12.1 Å². The van der Waals surface area contributed by atoms with Crippen molar-refractivity contribution in [3.8, 4) is 5.75 Å². The summed E-state index contributed by atoms with van der Waals surface area (Å²) in [6.45, 7) is 6.33. The van der Waals surface area contributed by atoms with Crippen molar-refractivity contribution < 1.29 is 14.3 Å². The minimum absolute atomic E-state index is 0.258. The van der Waals surface area contributed by atoms with Gasteiger partial charge in [0.25, 0.3) is 0 Å². The first kappa shape index (κ1) is 19.2. The summed E-state index contributed by atoms with van der Waals surface area (Å²) in [5.41, 5.74) is 1.29. The number of nitrogens with zero attached hydrogens (tertiary/aromatic N) is 2. The first-order valence-corrected chi connectivity index (χ1v) is 8.65. The van der Waals surface area contributed by atoms with E-state index in [1.807, 2.05) is 19.1 Å². The highest BCUT2D eigenvalue weighted by atomic mass is 16.5. The number of carbonyl (C=O) groups excluding carboxylic acids is 2. The fraction of sp³-hybridized carbons (Fsp3) is 0.556. The normalized spacial score (nSPS) is 16.9. The number of carbonyl (C=O) groups is 2. The standard InChI is InChI=1S/C18H28N4O3/c1-14(17(23)20-18(24)19-2)22-12-10-21(11-13-22)9-8-15-4-6-16(25-3)7-5-15/h4-7,14H,8-13H2,1-3H3,(H2,19,20,23,24)/t14-/m1/s1. The maximum atomic E-state index is 12.0. The van der Waals surface area contributed by atoms with Gasteiger partial charge in [-0.3, -0.25) is 15.0 Å². The van der Waals surface area contributed by atoms with Crippen molar-refractivity contribution in [3.63, 3.8) is 0 Å². The Bertz CT molecular complexity index is 568. The molecule has 1 aliphatic rings. The van der Waals surface area contributed by atoms with Crippen LogP contribution in [-0.4, -0.2) is 74.7 Å². The number of benzene rings is 1. The zero-order valence-electron chi connectivity index (χ0n) is 15.2. The molecule has 7 heteroatoms. The lowest BCUT2D eigenvalue weighted by Crippen LogP contribution is -2.55. The minimum Gasteiger partial charge on any atom is -0.497 e. The number of amides is 3. The maximum absolute atomic E-state index is 12.0. The smallest absolute Gasteiger partial charge is 0.321 e. The fourth-order valence-electron chi connectivity index (χ4n) is 2.90. The molecule has 0 aromatic heterocycles. The number of piperazine rings is 1. The molecule has 0 spiro atoms. The number of hydrogen-bond acceptors (Lipinski definition) is 5. The molecule has 1 fully saturated rings. The van der Waals surface area contributed by atoms with E-state index < -0.39 is 6.03 Å². The lowest BCUT2D eigenvalue weighted by molar-refractivity contribution is -0.125. The van der Waals surface area contributed by atoms with E-state index in [1.54, 1.807) is 7.11 Å². The minimum atomic E-state index is -0.463. The van der Waals surface area contributed by atoms with Crippen LogP contribution in [0.1, 0.15) is 12.5 Å². The second-order valence-corrected chi connectivity index (χ2v) is 6.22. The van der Waals surface area contributed by atoms with Crippen LogP contribution >= 0.6 is 0 Å². The SMILES string of the molecule is CNC(=O)NC(=O)[C@@H](C)N1CCN(CCc2ccc(OC)cc2)CC1. The van der Waals surface area contributed by atoms with E-state index in [2.05, 4.69) is 32.6 Å². The molecule has 0 aliphatic carbocycles. The van der Waals surface area contributed by atoms with E-state index in [-0.39, 0.29) is 11.9 Å². The van der Waals surface area contributed by atoms with Crippen LogP contribution in [0.2, 0.25) is 0 Å². The Kier molecular flexibility index (Phi) is 7.21. The molecule has 3 amide bonds. The van der Waals surface area contributed by atoms with Gasteiger partial charge in [-0.05, 0) is 31.0 Å². The van der Waals surface area contributed by atoms with Crippen molar-refractivity contribution in [1.29, 1.82) is 0 Å². The van der Waals surface area contributed by atoms with Gasteiger partial charge in [-0.2, -0.15) is 0 Å². The zero-order chi connectivity index (χ0) is 18.2. The number of ether oxygens (including phenoxy) is 1. The van der Waals surface area contributed by atoms with Crippen LogP contribution in [0.4, 0.5) is 4.79 Å². The summed E-state index contributed by atoms with van der Waals surface area (Å²) >= 11 is 0. The third-order valence-corrected chi connectivity index (χ3v) is 4.67. The van der Waals surface area contributed by atoms with Gasteiger partial charge in [0.15, 0.2) is 0 Å². The monoisotopic (exact) mass is 348 g/mol. The molecule has 1 saturated heterocycles. The van der Waals surface area contributed by atoms with Gasteiger partial charge >= 0.3 is 6.03 Å². The van der Waals surface area contributed by atoms with E-state index in [1.165, 1.54) is 12.6 Å². The van der Waals surface area contributed by atoms with Gasteiger partial charge in [0.1, 0.15) is 5.75 Å². The molecule has 1 heterocycles. The number of hydrogen-bond donors (Lipinski definition) is 2. The largest absolute Gasteiger partial charge is 0.497 e. The van der Waals surface area contributed by atoms with Crippen molar-refractivity contribution in [3.05, 3.63) is 29.8 Å². The van der Waals surface area contributed by atoms with Crippen LogP contribution in [0.15, 0.2) is 24.3 Å². The van der Waals surface area contributed by atoms with Crippen molar-refractivity contribution in [2.45, 2.75) is 19.4 Å². The summed E-state index contributed by atoms with van der Waals surface area (Å²) in [6, 6.07) is 7.40. The maximum Gasteiger partial charge on any atom is 0.321 e. The Hall–Kier alpha value is -2.12. The Morgan fingerprint density at radius 1 is 1.16 bits per heavy atom. The number of imide groups is 1. The van der Waals surface area contributed by atoms with E-state index in [0.29, 0.717) is 0 Å². The molecular weight excluding hydrogens is 320 g/mol. The quantitative estimate of drug-likeness (QED) is 0.792. The Morgan fingerprint density at radius 2 is 1.80 bits per heavy atom. The van der Waals surface area contributed by atoms with Gasteiger partial charge in [0.05, 0.1) is 13.2 Å². The summed E-state index contributed by atoms with van der Waals surface area (Å²) < 4.78 is 5.17. The molecule has 7 nitrogen and oxygen atoms in total. The molecule has 138 valence electrons. The molecule has 1 aromatic carbocycles. The van der Waals surface area contributed by atoms with E-state index in [9.17, 15) is 9.59 Å².